The van der Waals surface area contributed by atoms with Crippen LogP contribution in [0.5, 0.6) is 0 Å². The van der Waals surface area contributed by atoms with Gasteiger partial charge in [-0.2, -0.15) is 0 Å². The summed E-state index contributed by atoms with van der Waals surface area (Å²) >= 11 is 0. The Balaban J connectivity index is 2.04. The van der Waals surface area contributed by atoms with E-state index in [2.05, 4.69) is 0 Å². The third kappa shape index (κ3) is 3.61. The Morgan fingerprint density at radius 3 is 2.52 bits per heavy atom. The van der Waals surface area contributed by atoms with Gasteiger partial charge in [-0.1, -0.05) is 12.1 Å². The summed E-state index contributed by atoms with van der Waals surface area (Å²) in [5, 5.41) is 9.07. The number of carbonyl (C=O) groups excluding carboxylic acids is 1. The molecule has 2 unspecified atom stereocenters. The van der Waals surface area contributed by atoms with E-state index < -0.39 is 5.97 Å². The van der Waals surface area contributed by atoms with Crippen LogP contribution in [0, 0.1) is 5.92 Å². The van der Waals surface area contributed by atoms with Gasteiger partial charge >= 0.3 is 5.97 Å². The first kappa shape index (κ1) is 15.5. The smallest absolute Gasteiger partial charge is 0.306 e. The highest BCUT2D eigenvalue weighted by Gasteiger charge is 2.32. The zero-order chi connectivity index (χ0) is 15.4. The van der Waals surface area contributed by atoms with Crippen LogP contribution in [0.3, 0.4) is 0 Å². The number of carboxylic acids is 1. The SMILES string of the molecule is CC1CC(C(=O)O)CCN1C(=O)c1ccc(CCN)cc1. The molecule has 1 aromatic rings. The molecule has 1 heterocycles. The average Bonchev–Trinajstić information content (AvgIpc) is 2.47. The Kier molecular flexibility index (Phi) is 4.96. The Bertz CT molecular complexity index is 513. The van der Waals surface area contributed by atoms with Crippen molar-refractivity contribution in [3.63, 3.8) is 0 Å². The minimum atomic E-state index is -0.764. The van der Waals surface area contributed by atoms with Gasteiger partial charge < -0.3 is 15.7 Å². The molecule has 0 saturated carbocycles. The Morgan fingerprint density at radius 2 is 2.00 bits per heavy atom. The first-order valence-corrected chi connectivity index (χ1v) is 7.35. The van der Waals surface area contributed by atoms with Gasteiger partial charge in [-0.15, -0.1) is 0 Å². The molecule has 0 aliphatic carbocycles. The molecular weight excluding hydrogens is 268 g/mol. The maximum atomic E-state index is 12.5. The Hall–Kier alpha value is -1.88. The van der Waals surface area contributed by atoms with Gasteiger partial charge in [0.05, 0.1) is 5.92 Å². The summed E-state index contributed by atoms with van der Waals surface area (Å²) < 4.78 is 0. The van der Waals surface area contributed by atoms with Crippen LogP contribution >= 0.6 is 0 Å². The molecule has 1 aromatic carbocycles. The van der Waals surface area contributed by atoms with Gasteiger partial charge in [0.1, 0.15) is 0 Å². The lowest BCUT2D eigenvalue weighted by molar-refractivity contribution is -0.143. The molecule has 0 spiro atoms. The molecule has 0 bridgehead atoms. The van der Waals surface area contributed by atoms with E-state index in [4.69, 9.17) is 10.8 Å². The number of carboxylic acid groups (broad SMARTS) is 1. The number of benzene rings is 1. The predicted molar refractivity (Wildman–Crippen MR) is 80.1 cm³/mol. The second-order valence-corrected chi connectivity index (χ2v) is 5.64. The third-order valence-electron chi connectivity index (χ3n) is 4.12. The van der Waals surface area contributed by atoms with E-state index in [0.717, 1.165) is 12.0 Å². The number of nitrogens with two attached hydrogens (primary N) is 1. The molecule has 1 saturated heterocycles. The fourth-order valence-corrected chi connectivity index (χ4v) is 2.84. The van der Waals surface area contributed by atoms with Crippen molar-refractivity contribution in [1.82, 2.24) is 4.90 Å². The van der Waals surface area contributed by atoms with Crippen LogP contribution in [0.2, 0.25) is 0 Å². The Morgan fingerprint density at radius 1 is 1.33 bits per heavy atom. The number of nitrogens with zero attached hydrogens (tertiary/aromatic N) is 1. The lowest BCUT2D eigenvalue weighted by atomic mass is 9.91. The van der Waals surface area contributed by atoms with Crippen molar-refractivity contribution in [2.75, 3.05) is 13.1 Å². The molecule has 1 aliphatic rings. The molecule has 5 heteroatoms. The van der Waals surface area contributed by atoms with E-state index in [9.17, 15) is 9.59 Å². The molecule has 21 heavy (non-hydrogen) atoms. The second-order valence-electron chi connectivity index (χ2n) is 5.64. The van der Waals surface area contributed by atoms with Crippen LogP contribution in [0.15, 0.2) is 24.3 Å². The van der Waals surface area contributed by atoms with E-state index in [1.165, 1.54) is 0 Å². The van der Waals surface area contributed by atoms with Crippen molar-refractivity contribution in [3.8, 4) is 0 Å². The fraction of sp³-hybridized carbons (Fsp3) is 0.500. The fourth-order valence-electron chi connectivity index (χ4n) is 2.84. The number of hydrogen-bond acceptors (Lipinski definition) is 3. The second kappa shape index (κ2) is 6.72. The maximum absolute atomic E-state index is 12.5. The van der Waals surface area contributed by atoms with Gasteiger partial charge in [0.25, 0.3) is 5.91 Å². The van der Waals surface area contributed by atoms with Gasteiger partial charge in [0.2, 0.25) is 0 Å². The van der Waals surface area contributed by atoms with E-state index in [0.29, 0.717) is 31.5 Å². The summed E-state index contributed by atoms with van der Waals surface area (Å²) in [7, 11) is 0. The molecule has 1 amide bonds. The first-order chi connectivity index (χ1) is 10.0. The van der Waals surface area contributed by atoms with Gasteiger partial charge in [-0.3, -0.25) is 9.59 Å². The number of likely N-dealkylation sites (tertiary alicyclic amines) is 1. The molecule has 5 nitrogen and oxygen atoms in total. The highest BCUT2D eigenvalue weighted by molar-refractivity contribution is 5.94. The summed E-state index contributed by atoms with van der Waals surface area (Å²) in [4.78, 5) is 25.3. The minimum Gasteiger partial charge on any atom is -0.481 e. The van der Waals surface area contributed by atoms with Crippen molar-refractivity contribution in [3.05, 3.63) is 35.4 Å². The summed E-state index contributed by atoms with van der Waals surface area (Å²) in [6, 6.07) is 7.45. The summed E-state index contributed by atoms with van der Waals surface area (Å²) in [6.45, 7) is 3.00. The quantitative estimate of drug-likeness (QED) is 0.880. The van der Waals surface area contributed by atoms with Crippen molar-refractivity contribution >= 4 is 11.9 Å². The lowest BCUT2D eigenvalue weighted by Crippen LogP contribution is -2.46. The van der Waals surface area contributed by atoms with Gasteiger partial charge in [-0.25, -0.2) is 0 Å². The van der Waals surface area contributed by atoms with Gasteiger partial charge in [-0.05, 0) is 50.4 Å². The van der Waals surface area contributed by atoms with Crippen molar-refractivity contribution in [2.24, 2.45) is 11.7 Å². The molecule has 3 N–H and O–H groups in total. The van der Waals surface area contributed by atoms with Crippen molar-refractivity contribution in [2.45, 2.75) is 32.2 Å². The average molecular weight is 290 g/mol. The van der Waals surface area contributed by atoms with Gasteiger partial charge in [0.15, 0.2) is 0 Å². The molecular formula is C16H22N2O3. The van der Waals surface area contributed by atoms with Gasteiger partial charge in [0, 0.05) is 18.2 Å². The van der Waals surface area contributed by atoms with Crippen molar-refractivity contribution < 1.29 is 14.7 Å². The number of carbonyl (C=O) groups is 2. The topological polar surface area (TPSA) is 83.6 Å². The monoisotopic (exact) mass is 290 g/mol. The third-order valence-corrected chi connectivity index (χ3v) is 4.12. The zero-order valence-electron chi connectivity index (χ0n) is 12.3. The van der Waals surface area contributed by atoms with E-state index in [1.54, 1.807) is 4.90 Å². The highest BCUT2D eigenvalue weighted by atomic mass is 16.4. The molecule has 2 atom stereocenters. The molecule has 2 rings (SSSR count). The predicted octanol–water partition coefficient (Wildman–Crippen LogP) is 1.51. The number of rotatable bonds is 4. The normalized spacial score (nSPS) is 22.1. The first-order valence-electron chi connectivity index (χ1n) is 7.35. The molecule has 1 fully saturated rings. The number of amides is 1. The maximum Gasteiger partial charge on any atom is 0.306 e. The molecule has 0 radical (unpaired) electrons. The molecule has 114 valence electrons. The number of aliphatic carboxylic acids is 1. The summed E-state index contributed by atoms with van der Waals surface area (Å²) in [6.07, 6.45) is 1.85. The molecule has 0 aromatic heterocycles. The largest absolute Gasteiger partial charge is 0.481 e. The van der Waals surface area contributed by atoms with E-state index in [-0.39, 0.29) is 17.9 Å². The summed E-state index contributed by atoms with van der Waals surface area (Å²) in [5.41, 5.74) is 7.27. The van der Waals surface area contributed by atoms with Crippen LogP contribution in [0.25, 0.3) is 0 Å². The number of piperidine rings is 1. The lowest BCUT2D eigenvalue weighted by Gasteiger charge is -2.36. The van der Waals surface area contributed by atoms with Crippen LogP contribution in [0.1, 0.15) is 35.7 Å². The van der Waals surface area contributed by atoms with Crippen LogP contribution in [0.4, 0.5) is 0 Å². The Labute approximate surface area is 124 Å². The highest BCUT2D eigenvalue weighted by Crippen LogP contribution is 2.24. The van der Waals surface area contributed by atoms with E-state index >= 15 is 0 Å². The number of hydrogen-bond donors (Lipinski definition) is 2. The zero-order valence-corrected chi connectivity index (χ0v) is 12.3. The van der Waals surface area contributed by atoms with E-state index in [1.807, 2.05) is 31.2 Å². The summed E-state index contributed by atoms with van der Waals surface area (Å²) in [5.74, 6) is -1.12. The standard InChI is InChI=1S/C16H22N2O3/c1-11-10-14(16(20)21)7-9-18(11)15(19)13-4-2-12(3-5-13)6-8-17/h2-5,11,14H,6-10,17H2,1H3,(H,20,21). The van der Waals surface area contributed by atoms with Crippen LogP contribution in [-0.4, -0.2) is 41.0 Å². The van der Waals surface area contributed by atoms with Crippen LogP contribution < -0.4 is 5.73 Å². The van der Waals surface area contributed by atoms with Crippen LogP contribution in [-0.2, 0) is 11.2 Å². The molecule has 1 aliphatic heterocycles. The van der Waals surface area contributed by atoms with Crippen molar-refractivity contribution in [1.29, 1.82) is 0 Å². The minimum absolute atomic E-state index is 0.0226.